The van der Waals surface area contributed by atoms with E-state index in [0.29, 0.717) is 42.0 Å². The van der Waals surface area contributed by atoms with Crippen LogP contribution in [0.4, 0.5) is 0 Å². The average molecular weight is 447 g/mol. The zero-order valence-electron chi connectivity index (χ0n) is 20.6. The van der Waals surface area contributed by atoms with Gasteiger partial charge in [-0.15, -0.1) is 0 Å². The fourth-order valence-electron chi connectivity index (χ4n) is 6.12. The van der Waals surface area contributed by atoms with E-state index in [4.69, 9.17) is 0 Å². The van der Waals surface area contributed by atoms with E-state index in [0.717, 1.165) is 43.3 Å². The molecule has 0 heterocycles. The Balaban J connectivity index is 1.44. The summed E-state index contributed by atoms with van der Waals surface area (Å²) in [5.41, 5.74) is 3.91. The van der Waals surface area contributed by atoms with E-state index in [2.05, 4.69) is 38.2 Å². The summed E-state index contributed by atoms with van der Waals surface area (Å²) in [6, 6.07) is 0. The Morgan fingerprint density at radius 3 is 2.48 bits per heavy atom. The van der Waals surface area contributed by atoms with E-state index in [9.17, 15) is 14.4 Å². The topological polar surface area (TPSA) is 51.2 Å². The van der Waals surface area contributed by atoms with Crippen LogP contribution in [0.3, 0.4) is 0 Å². The number of Topliss-reactive ketones (excluding diaryl/α,β-unsaturated/α-hetero) is 3. The first-order chi connectivity index (χ1) is 15.8. The highest BCUT2D eigenvalue weighted by Gasteiger charge is 2.40. The van der Waals surface area contributed by atoms with E-state index >= 15 is 0 Å². The molecule has 0 spiro atoms. The highest BCUT2D eigenvalue weighted by molar-refractivity contribution is 6.45. The van der Waals surface area contributed by atoms with Gasteiger partial charge >= 0.3 is 0 Å². The fraction of sp³-hybridized carbons (Fsp3) is 0.567. The van der Waals surface area contributed by atoms with Crippen LogP contribution in [0.5, 0.6) is 0 Å². The maximum atomic E-state index is 13.6. The molecule has 0 aromatic heterocycles. The quantitative estimate of drug-likeness (QED) is 0.418. The van der Waals surface area contributed by atoms with Gasteiger partial charge in [0.15, 0.2) is 0 Å². The summed E-state index contributed by atoms with van der Waals surface area (Å²) in [6.07, 6.45) is 19.8. The van der Waals surface area contributed by atoms with E-state index < -0.39 is 5.78 Å². The molecule has 0 aromatic rings. The molecule has 1 saturated carbocycles. The van der Waals surface area contributed by atoms with Gasteiger partial charge in [0.05, 0.1) is 0 Å². The molecule has 0 bridgehead atoms. The van der Waals surface area contributed by atoms with Crippen LogP contribution in [0.25, 0.3) is 0 Å². The van der Waals surface area contributed by atoms with Crippen LogP contribution >= 0.6 is 0 Å². The largest absolute Gasteiger partial charge is 0.299 e. The predicted octanol–water partition coefficient (Wildman–Crippen LogP) is 6.52. The first-order valence-electron chi connectivity index (χ1n) is 12.9. The summed E-state index contributed by atoms with van der Waals surface area (Å²) in [6.45, 7) is 8.08. The molecular weight excluding hydrogens is 408 g/mol. The van der Waals surface area contributed by atoms with Gasteiger partial charge in [-0.2, -0.15) is 0 Å². The third-order valence-electron chi connectivity index (χ3n) is 8.23. The SMILES string of the molecule is CC(C)C(=O)C(=O)C1=CCC2=CCC(C(=O)C3CC(C)C(CC4=CCCC=C4)CC3C)C=C21. The van der Waals surface area contributed by atoms with Crippen molar-refractivity contribution in [2.24, 2.45) is 35.5 Å². The number of hydrogen-bond acceptors (Lipinski definition) is 3. The maximum absolute atomic E-state index is 13.6. The Bertz CT molecular complexity index is 984. The molecule has 0 radical (unpaired) electrons. The highest BCUT2D eigenvalue weighted by Crippen LogP contribution is 2.44. The van der Waals surface area contributed by atoms with E-state index in [1.807, 2.05) is 12.2 Å². The van der Waals surface area contributed by atoms with Gasteiger partial charge in [0.2, 0.25) is 11.6 Å². The van der Waals surface area contributed by atoms with Crippen molar-refractivity contribution in [2.75, 3.05) is 0 Å². The number of hydrogen-bond donors (Lipinski definition) is 0. The van der Waals surface area contributed by atoms with Crippen molar-refractivity contribution in [2.45, 2.75) is 72.6 Å². The molecule has 1 fully saturated rings. The van der Waals surface area contributed by atoms with Crippen molar-refractivity contribution in [3.8, 4) is 0 Å². The Kier molecular flexibility index (Phi) is 7.16. The lowest BCUT2D eigenvalue weighted by molar-refractivity contribution is -0.136. The van der Waals surface area contributed by atoms with Gasteiger partial charge in [-0.3, -0.25) is 14.4 Å². The standard InChI is InChI=1S/C30H38O3/c1-18(2)28(31)30(33)25-13-12-22-10-11-23(17-27(22)25)29(32)26-15-19(3)24(14-20(26)4)16-21-8-6-5-7-9-21/h6,8-10,13,17-20,23-24,26H,5,7,11-12,14-16H2,1-4H3. The Hall–Kier alpha value is -2.29. The molecule has 3 nitrogen and oxygen atoms in total. The molecule has 4 rings (SSSR count). The van der Waals surface area contributed by atoms with Crippen LogP contribution in [0.1, 0.15) is 72.6 Å². The van der Waals surface area contributed by atoms with E-state index in [-0.39, 0.29) is 23.5 Å². The third-order valence-corrected chi connectivity index (χ3v) is 8.23. The van der Waals surface area contributed by atoms with E-state index in [1.165, 1.54) is 5.57 Å². The van der Waals surface area contributed by atoms with Crippen LogP contribution < -0.4 is 0 Å². The monoisotopic (exact) mass is 446 g/mol. The summed E-state index contributed by atoms with van der Waals surface area (Å²) in [4.78, 5) is 38.7. The van der Waals surface area contributed by atoms with Crippen molar-refractivity contribution < 1.29 is 14.4 Å². The van der Waals surface area contributed by atoms with Crippen molar-refractivity contribution in [1.29, 1.82) is 0 Å². The summed E-state index contributed by atoms with van der Waals surface area (Å²) in [5, 5.41) is 0. The van der Waals surface area contributed by atoms with Gasteiger partial charge in [0, 0.05) is 23.3 Å². The second kappa shape index (κ2) is 9.91. The molecule has 0 aromatic carbocycles. The predicted molar refractivity (Wildman–Crippen MR) is 132 cm³/mol. The molecule has 176 valence electrons. The number of allylic oxidation sites excluding steroid dienone is 10. The molecule has 0 aliphatic heterocycles. The van der Waals surface area contributed by atoms with Crippen LogP contribution in [0, 0.1) is 35.5 Å². The maximum Gasteiger partial charge on any atom is 0.229 e. The number of fused-ring (bicyclic) bond motifs is 1. The summed E-state index contributed by atoms with van der Waals surface area (Å²) < 4.78 is 0. The normalized spacial score (nSPS) is 31.4. The van der Waals surface area contributed by atoms with Crippen molar-refractivity contribution >= 4 is 17.3 Å². The molecule has 4 aliphatic carbocycles. The molecule has 0 saturated heterocycles. The number of ketones is 3. The molecule has 33 heavy (non-hydrogen) atoms. The zero-order chi connectivity index (χ0) is 23.7. The van der Waals surface area contributed by atoms with Gasteiger partial charge in [-0.05, 0) is 73.8 Å². The van der Waals surface area contributed by atoms with Gasteiger partial charge in [0.1, 0.15) is 5.78 Å². The lowest BCUT2D eigenvalue weighted by atomic mass is 9.64. The van der Waals surface area contributed by atoms with Crippen LogP contribution in [0.15, 0.2) is 58.7 Å². The molecule has 5 unspecified atom stereocenters. The molecule has 0 amide bonds. The minimum Gasteiger partial charge on any atom is -0.299 e. The first kappa shape index (κ1) is 23.9. The van der Waals surface area contributed by atoms with E-state index in [1.54, 1.807) is 13.8 Å². The van der Waals surface area contributed by atoms with Gasteiger partial charge in [0.25, 0.3) is 0 Å². The first-order valence-corrected chi connectivity index (χ1v) is 12.9. The molecule has 3 heteroatoms. The third kappa shape index (κ3) is 4.98. The highest BCUT2D eigenvalue weighted by atomic mass is 16.2. The number of carbonyl (C=O) groups is 3. The molecule has 5 atom stereocenters. The minimum absolute atomic E-state index is 0.0748. The zero-order valence-corrected chi connectivity index (χ0v) is 20.6. The second-order valence-electron chi connectivity index (χ2n) is 11.0. The Labute approximate surface area is 198 Å². The number of rotatable bonds is 7. The van der Waals surface area contributed by atoms with Gasteiger partial charge in [-0.25, -0.2) is 0 Å². The molecule has 0 N–H and O–H groups in total. The van der Waals surface area contributed by atoms with Crippen LogP contribution in [-0.2, 0) is 14.4 Å². The summed E-state index contributed by atoms with van der Waals surface area (Å²) >= 11 is 0. The molecule has 4 aliphatic rings. The van der Waals surface area contributed by atoms with Crippen LogP contribution in [-0.4, -0.2) is 17.3 Å². The number of carbonyl (C=O) groups excluding carboxylic acids is 3. The van der Waals surface area contributed by atoms with Crippen molar-refractivity contribution in [3.63, 3.8) is 0 Å². The summed E-state index contributed by atoms with van der Waals surface area (Å²) in [5.74, 6) is 0.685. The second-order valence-corrected chi connectivity index (χ2v) is 11.0. The average Bonchev–Trinajstić information content (AvgIpc) is 3.23. The minimum atomic E-state index is -0.402. The summed E-state index contributed by atoms with van der Waals surface area (Å²) in [7, 11) is 0. The lowest BCUT2D eigenvalue weighted by Gasteiger charge is -2.39. The van der Waals surface area contributed by atoms with Crippen LogP contribution in [0.2, 0.25) is 0 Å². The lowest BCUT2D eigenvalue weighted by Crippen LogP contribution is -2.37. The smallest absolute Gasteiger partial charge is 0.229 e. The van der Waals surface area contributed by atoms with Gasteiger partial charge < -0.3 is 0 Å². The molecular formula is C30H38O3. The Morgan fingerprint density at radius 1 is 1.00 bits per heavy atom. The fourth-order valence-corrected chi connectivity index (χ4v) is 6.12. The van der Waals surface area contributed by atoms with Crippen molar-refractivity contribution in [1.82, 2.24) is 0 Å². The van der Waals surface area contributed by atoms with Gasteiger partial charge in [-0.1, -0.05) is 69.7 Å². The Morgan fingerprint density at radius 2 is 1.79 bits per heavy atom. The van der Waals surface area contributed by atoms with Crippen molar-refractivity contribution in [3.05, 3.63) is 58.7 Å².